The van der Waals surface area contributed by atoms with Crippen LogP contribution in [0.25, 0.3) is 11.1 Å². The molecule has 0 saturated carbocycles. The van der Waals surface area contributed by atoms with E-state index in [4.69, 9.17) is 9.72 Å². The first-order valence-electron chi connectivity index (χ1n) is 14.9. The minimum Gasteiger partial charge on any atom is -0.382 e. The van der Waals surface area contributed by atoms with Crippen LogP contribution in [0.2, 0.25) is 0 Å². The van der Waals surface area contributed by atoms with E-state index in [1.807, 2.05) is 31.3 Å². The lowest BCUT2D eigenvalue weighted by Crippen LogP contribution is -2.44. The summed E-state index contributed by atoms with van der Waals surface area (Å²) in [6.07, 6.45) is 4.63. The van der Waals surface area contributed by atoms with Gasteiger partial charge in [-0.25, -0.2) is 4.98 Å². The summed E-state index contributed by atoms with van der Waals surface area (Å²) in [6, 6.07) is 12.7. The van der Waals surface area contributed by atoms with E-state index in [0.29, 0.717) is 11.6 Å². The number of aromatic amines is 1. The third-order valence-electron chi connectivity index (χ3n) is 8.13. The van der Waals surface area contributed by atoms with Gasteiger partial charge in [-0.3, -0.25) is 10.1 Å². The number of ether oxygens (including phenoxy) is 1. The summed E-state index contributed by atoms with van der Waals surface area (Å²) < 4.78 is 5.54. The van der Waals surface area contributed by atoms with Crippen LogP contribution in [-0.2, 0) is 17.7 Å². The van der Waals surface area contributed by atoms with E-state index in [9.17, 15) is 9.90 Å². The minimum atomic E-state index is -0.946. The van der Waals surface area contributed by atoms with Crippen molar-refractivity contribution in [3.63, 3.8) is 0 Å². The Morgan fingerprint density at radius 3 is 2.59 bits per heavy atom. The quantitative estimate of drug-likeness (QED) is 0.278. The zero-order chi connectivity index (χ0) is 28.8. The number of benzene rings is 1. The zero-order valence-electron chi connectivity index (χ0n) is 24.6. The van der Waals surface area contributed by atoms with Crippen molar-refractivity contribution in [1.82, 2.24) is 20.2 Å². The topological polar surface area (TPSA) is 106 Å². The monoisotopic (exact) mass is 560 g/mol. The minimum absolute atomic E-state index is 0.102. The molecule has 5 rings (SSSR count). The lowest BCUT2D eigenvalue weighted by atomic mass is 10.0. The van der Waals surface area contributed by atoms with Crippen LogP contribution < -0.4 is 21.1 Å². The molecule has 2 fully saturated rings. The number of rotatable bonds is 10. The molecule has 4 heterocycles. The molecule has 0 amide bonds. The van der Waals surface area contributed by atoms with Crippen LogP contribution in [0.3, 0.4) is 0 Å². The number of nitrogens with zero attached hydrogens (tertiary/aromatic N) is 3. The van der Waals surface area contributed by atoms with Crippen molar-refractivity contribution in [2.45, 2.75) is 58.3 Å². The number of hydrogen-bond acceptors (Lipinski definition) is 8. The van der Waals surface area contributed by atoms with Crippen molar-refractivity contribution in [3.8, 4) is 11.1 Å². The van der Waals surface area contributed by atoms with Crippen LogP contribution in [0.5, 0.6) is 0 Å². The standard InChI is InChI=1S/C32H44N6O3/c1-4-5-23-16-22(2)35-32(40)29(23)21-34-31(39)26-17-25(18-28(19-26)36-27-8-14-41-15-9-27)24-6-7-30(33-20-24)38-12-10-37(3)11-13-38/h6-7,16-20,27,31,34,36,39H,4-5,8-15,21H2,1-3H3,(H,35,40). The molecule has 1 aromatic carbocycles. The molecule has 1 atom stereocenters. The Hall–Kier alpha value is -3.24. The second kappa shape index (κ2) is 13.6. The first kappa shape index (κ1) is 29.3. The molecule has 9 nitrogen and oxygen atoms in total. The van der Waals surface area contributed by atoms with Gasteiger partial charge in [-0.05, 0) is 86.3 Å². The third-order valence-corrected chi connectivity index (χ3v) is 8.13. The van der Waals surface area contributed by atoms with Gasteiger partial charge in [-0.15, -0.1) is 0 Å². The molecule has 2 aliphatic rings. The van der Waals surface area contributed by atoms with Gasteiger partial charge in [-0.1, -0.05) is 13.3 Å². The van der Waals surface area contributed by atoms with Gasteiger partial charge < -0.3 is 29.9 Å². The van der Waals surface area contributed by atoms with Crippen molar-refractivity contribution in [3.05, 3.63) is 75.3 Å². The maximum atomic E-state index is 12.7. The summed E-state index contributed by atoms with van der Waals surface area (Å²) in [7, 11) is 2.15. The molecule has 9 heteroatoms. The number of aliphatic hydroxyl groups excluding tert-OH is 1. The van der Waals surface area contributed by atoms with Crippen molar-refractivity contribution in [1.29, 1.82) is 0 Å². The predicted molar refractivity (Wildman–Crippen MR) is 164 cm³/mol. The summed E-state index contributed by atoms with van der Waals surface area (Å²) in [4.78, 5) is 25.1. The van der Waals surface area contributed by atoms with Gasteiger partial charge in [0.2, 0.25) is 0 Å². The highest BCUT2D eigenvalue weighted by molar-refractivity contribution is 5.70. The Balaban J connectivity index is 1.38. The van der Waals surface area contributed by atoms with Crippen molar-refractivity contribution in [2.24, 2.45) is 0 Å². The van der Waals surface area contributed by atoms with Crippen molar-refractivity contribution in [2.75, 3.05) is 56.7 Å². The van der Waals surface area contributed by atoms with E-state index in [1.54, 1.807) is 0 Å². The van der Waals surface area contributed by atoms with Gasteiger partial charge in [0.1, 0.15) is 12.0 Å². The molecule has 1 unspecified atom stereocenters. The van der Waals surface area contributed by atoms with E-state index in [2.05, 4.69) is 57.6 Å². The molecular weight excluding hydrogens is 516 g/mol. The number of hydrogen-bond donors (Lipinski definition) is 4. The van der Waals surface area contributed by atoms with Crippen LogP contribution in [-0.4, -0.2) is 72.5 Å². The van der Waals surface area contributed by atoms with Gasteiger partial charge in [0.25, 0.3) is 5.56 Å². The molecule has 3 aromatic rings. The molecule has 0 spiro atoms. The lowest BCUT2D eigenvalue weighted by molar-refractivity contribution is 0.0904. The Bertz CT molecular complexity index is 1340. The Morgan fingerprint density at radius 1 is 1.10 bits per heavy atom. The van der Waals surface area contributed by atoms with Crippen molar-refractivity contribution < 1.29 is 9.84 Å². The summed E-state index contributed by atoms with van der Waals surface area (Å²) in [6.45, 7) is 9.79. The van der Waals surface area contributed by atoms with E-state index in [1.165, 1.54) is 0 Å². The van der Waals surface area contributed by atoms with Crippen LogP contribution in [0, 0.1) is 6.92 Å². The molecule has 2 aliphatic heterocycles. The normalized spacial score (nSPS) is 17.5. The molecule has 0 radical (unpaired) electrons. The van der Waals surface area contributed by atoms with Crippen LogP contribution in [0.1, 0.15) is 54.8 Å². The first-order valence-corrected chi connectivity index (χ1v) is 14.9. The van der Waals surface area contributed by atoms with E-state index in [-0.39, 0.29) is 12.1 Å². The van der Waals surface area contributed by atoms with Crippen molar-refractivity contribution >= 4 is 11.5 Å². The average Bonchev–Trinajstić information content (AvgIpc) is 2.97. The molecular formula is C32H44N6O3. The molecule has 4 N–H and O–H groups in total. The number of aliphatic hydroxyl groups is 1. The first-order chi connectivity index (χ1) is 19.9. The highest BCUT2D eigenvalue weighted by atomic mass is 16.5. The number of anilines is 2. The average molecular weight is 561 g/mol. The summed E-state index contributed by atoms with van der Waals surface area (Å²) in [5.41, 5.74) is 6.12. The molecule has 0 aliphatic carbocycles. The largest absolute Gasteiger partial charge is 0.382 e. The Labute approximate surface area is 243 Å². The molecule has 41 heavy (non-hydrogen) atoms. The number of nitrogens with one attached hydrogen (secondary N) is 3. The van der Waals surface area contributed by atoms with Crippen LogP contribution >= 0.6 is 0 Å². The van der Waals surface area contributed by atoms with Gasteiger partial charge in [0.05, 0.1) is 0 Å². The summed E-state index contributed by atoms with van der Waals surface area (Å²) in [5, 5.41) is 18.2. The number of aryl methyl sites for hydroxylation is 2. The second-order valence-corrected chi connectivity index (χ2v) is 11.4. The van der Waals surface area contributed by atoms with Gasteiger partial charge in [-0.2, -0.15) is 0 Å². The third kappa shape index (κ3) is 7.54. The second-order valence-electron chi connectivity index (χ2n) is 11.4. The fraction of sp³-hybridized carbons (Fsp3) is 0.500. The van der Waals surface area contributed by atoms with E-state index >= 15 is 0 Å². The fourth-order valence-electron chi connectivity index (χ4n) is 5.70. The number of H-pyrrole nitrogens is 1. The maximum Gasteiger partial charge on any atom is 0.252 e. The van der Waals surface area contributed by atoms with Gasteiger partial charge in [0, 0.05) is 80.7 Å². The van der Waals surface area contributed by atoms with E-state index in [0.717, 1.165) is 105 Å². The molecule has 220 valence electrons. The zero-order valence-corrected chi connectivity index (χ0v) is 24.6. The molecule has 0 bridgehead atoms. The van der Waals surface area contributed by atoms with Gasteiger partial charge >= 0.3 is 0 Å². The summed E-state index contributed by atoms with van der Waals surface area (Å²) >= 11 is 0. The lowest BCUT2D eigenvalue weighted by Gasteiger charge is -2.33. The SMILES string of the molecule is CCCc1cc(C)[nH]c(=O)c1CNC(O)c1cc(NC2CCOCC2)cc(-c2ccc(N3CCN(C)CC3)nc2)c1. The van der Waals surface area contributed by atoms with E-state index < -0.39 is 6.23 Å². The molecule has 2 saturated heterocycles. The van der Waals surface area contributed by atoms with Crippen LogP contribution in [0.15, 0.2) is 47.4 Å². The van der Waals surface area contributed by atoms with Gasteiger partial charge in [0.15, 0.2) is 0 Å². The maximum absolute atomic E-state index is 12.7. The number of likely N-dealkylation sites (N-methyl/N-ethyl adjacent to an activating group) is 1. The Morgan fingerprint density at radius 2 is 1.88 bits per heavy atom. The summed E-state index contributed by atoms with van der Waals surface area (Å²) in [5.74, 6) is 0.992. The smallest absolute Gasteiger partial charge is 0.252 e. The highest BCUT2D eigenvalue weighted by Gasteiger charge is 2.19. The number of piperazine rings is 1. The highest BCUT2D eigenvalue weighted by Crippen LogP contribution is 2.29. The Kier molecular flexibility index (Phi) is 9.72. The number of aromatic nitrogens is 2. The van der Waals surface area contributed by atoms with Crippen LogP contribution in [0.4, 0.5) is 11.5 Å². The molecule has 2 aromatic heterocycles. The predicted octanol–water partition coefficient (Wildman–Crippen LogP) is 3.82. The number of pyridine rings is 2. The fourth-order valence-corrected chi connectivity index (χ4v) is 5.70.